The molecule has 0 bridgehead atoms. The third-order valence-electron chi connectivity index (χ3n) is 5.88. The number of hydrogen-bond donors (Lipinski definition) is 1. The summed E-state index contributed by atoms with van der Waals surface area (Å²) in [5.41, 5.74) is -0.447. The van der Waals surface area contributed by atoms with Crippen LogP contribution in [0.5, 0.6) is 0 Å². The summed E-state index contributed by atoms with van der Waals surface area (Å²) in [5.74, 6) is 0.355. The second kappa shape index (κ2) is 7.11. The summed E-state index contributed by atoms with van der Waals surface area (Å²) in [6, 6.07) is 6.04. The molecule has 1 aromatic rings. The van der Waals surface area contributed by atoms with Gasteiger partial charge in [-0.25, -0.2) is 8.42 Å². The molecule has 1 aromatic carbocycles. The standard InChI is InChI=1S/C18H26ClN3O3S/c1-4-13(2)16-17(23)21(3)18(20-16)9-11-22(12-10-18)26(24,25)15-7-5-14(19)6-8-15/h5-8,13,16,20H,4,9-12H2,1-3H3/t13-,16-/m0/s1. The first kappa shape index (κ1) is 19.6. The first-order chi connectivity index (χ1) is 12.2. The highest BCUT2D eigenvalue weighted by Gasteiger charge is 2.51. The lowest BCUT2D eigenvalue weighted by Crippen LogP contribution is -2.58. The van der Waals surface area contributed by atoms with E-state index in [9.17, 15) is 13.2 Å². The van der Waals surface area contributed by atoms with Gasteiger partial charge in [-0.15, -0.1) is 0 Å². The molecule has 26 heavy (non-hydrogen) atoms. The fraction of sp³-hybridized carbons (Fsp3) is 0.611. The van der Waals surface area contributed by atoms with Gasteiger partial charge in [-0.3, -0.25) is 10.1 Å². The molecule has 2 saturated heterocycles. The van der Waals surface area contributed by atoms with Gasteiger partial charge in [-0.2, -0.15) is 4.31 Å². The lowest BCUT2D eigenvalue weighted by atomic mass is 9.96. The third kappa shape index (κ3) is 3.26. The Morgan fingerprint density at radius 2 is 1.85 bits per heavy atom. The predicted octanol–water partition coefficient (Wildman–Crippen LogP) is 2.30. The number of carbonyl (C=O) groups excluding carboxylic acids is 1. The van der Waals surface area contributed by atoms with E-state index in [1.54, 1.807) is 17.0 Å². The number of carbonyl (C=O) groups is 1. The maximum atomic E-state index is 12.8. The van der Waals surface area contributed by atoms with Crippen molar-refractivity contribution in [3.8, 4) is 0 Å². The Morgan fingerprint density at radius 1 is 1.27 bits per heavy atom. The summed E-state index contributed by atoms with van der Waals surface area (Å²) < 4.78 is 27.2. The average molecular weight is 400 g/mol. The van der Waals surface area contributed by atoms with Gasteiger partial charge in [0.1, 0.15) is 0 Å². The minimum absolute atomic E-state index is 0.105. The molecule has 6 nitrogen and oxygen atoms in total. The highest BCUT2D eigenvalue weighted by Crippen LogP contribution is 2.35. The number of amides is 1. The number of sulfonamides is 1. The number of piperidine rings is 1. The van der Waals surface area contributed by atoms with Crippen LogP contribution in [0, 0.1) is 5.92 Å². The van der Waals surface area contributed by atoms with Crippen LogP contribution in [0.3, 0.4) is 0 Å². The largest absolute Gasteiger partial charge is 0.326 e. The normalized spacial score (nSPS) is 25.0. The topological polar surface area (TPSA) is 69.7 Å². The number of likely N-dealkylation sites (N-methyl/N-ethyl adjacent to an activating group) is 1. The van der Waals surface area contributed by atoms with E-state index in [4.69, 9.17) is 11.6 Å². The van der Waals surface area contributed by atoms with Crippen molar-refractivity contribution in [2.45, 2.75) is 49.7 Å². The number of hydrogen-bond acceptors (Lipinski definition) is 4. The summed E-state index contributed by atoms with van der Waals surface area (Å²) in [6.07, 6.45) is 2.08. The lowest BCUT2D eigenvalue weighted by molar-refractivity contribution is -0.132. The van der Waals surface area contributed by atoms with Gasteiger partial charge in [0.15, 0.2) is 0 Å². The minimum atomic E-state index is -3.55. The van der Waals surface area contributed by atoms with Crippen LogP contribution >= 0.6 is 11.6 Å². The van der Waals surface area contributed by atoms with Crippen LogP contribution in [0.15, 0.2) is 29.2 Å². The second-order valence-corrected chi connectivity index (χ2v) is 9.67. The van der Waals surface area contributed by atoms with E-state index in [-0.39, 0.29) is 22.8 Å². The molecule has 0 unspecified atom stereocenters. The number of benzene rings is 1. The molecule has 2 aliphatic rings. The summed E-state index contributed by atoms with van der Waals surface area (Å²) in [4.78, 5) is 14.7. The predicted molar refractivity (Wildman–Crippen MR) is 101 cm³/mol. The van der Waals surface area contributed by atoms with Crippen LogP contribution in [0.4, 0.5) is 0 Å². The van der Waals surface area contributed by atoms with Gasteiger partial charge in [0.05, 0.1) is 16.6 Å². The number of nitrogens with one attached hydrogen (secondary N) is 1. The monoisotopic (exact) mass is 399 g/mol. The van der Waals surface area contributed by atoms with Crippen LogP contribution < -0.4 is 5.32 Å². The Morgan fingerprint density at radius 3 is 2.38 bits per heavy atom. The average Bonchev–Trinajstić information content (AvgIpc) is 2.87. The van der Waals surface area contributed by atoms with Gasteiger partial charge in [0.2, 0.25) is 15.9 Å². The van der Waals surface area contributed by atoms with E-state index < -0.39 is 15.7 Å². The van der Waals surface area contributed by atoms with E-state index in [2.05, 4.69) is 19.2 Å². The maximum Gasteiger partial charge on any atom is 0.243 e. The molecule has 1 amide bonds. The molecule has 3 rings (SSSR count). The Labute approximate surface area is 160 Å². The van der Waals surface area contributed by atoms with Gasteiger partial charge in [-0.1, -0.05) is 31.9 Å². The van der Waals surface area contributed by atoms with Crippen LogP contribution in [0.1, 0.15) is 33.1 Å². The molecule has 2 heterocycles. The molecule has 2 aliphatic heterocycles. The van der Waals surface area contributed by atoms with Crippen molar-refractivity contribution in [3.63, 3.8) is 0 Å². The van der Waals surface area contributed by atoms with Crippen LogP contribution in [0.2, 0.25) is 5.02 Å². The van der Waals surface area contributed by atoms with Gasteiger partial charge in [0, 0.05) is 25.2 Å². The van der Waals surface area contributed by atoms with E-state index in [0.29, 0.717) is 31.0 Å². The van der Waals surface area contributed by atoms with Gasteiger partial charge < -0.3 is 4.90 Å². The second-order valence-electron chi connectivity index (χ2n) is 7.29. The molecule has 0 aromatic heterocycles. The van der Waals surface area contributed by atoms with Gasteiger partial charge >= 0.3 is 0 Å². The molecule has 1 N–H and O–H groups in total. The van der Waals surface area contributed by atoms with Crippen molar-refractivity contribution in [2.75, 3.05) is 20.1 Å². The smallest absolute Gasteiger partial charge is 0.243 e. The van der Waals surface area contributed by atoms with Crippen molar-refractivity contribution < 1.29 is 13.2 Å². The Bertz CT molecular complexity index is 773. The first-order valence-corrected chi connectivity index (χ1v) is 10.8. The highest BCUT2D eigenvalue weighted by molar-refractivity contribution is 7.89. The first-order valence-electron chi connectivity index (χ1n) is 9.02. The van der Waals surface area contributed by atoms with Crippen molar-refractivity contribution in [3.05, 3.63) is 29.3 Å². The van der Waals surface area contributed by atoms with Crippen molar-refractivity contribution >= 4 is 27.5 Å². The highest BCUT2D eigenvalue weighted by atomic mass is 35.5. The molecule has 0 saturated carbocycles. The lowest BCUT2D eigenvalue weighted by Gasteiger charge is -2.42. The molecule has 2 fully saturated rings. The van der Waals surface area contributed by atoms with Crippen LogP contribution in [0.25, 0.3) is 0 Å². The zero-order valence-corrected chi connectivity index (χ0v) is 17.0. The molecule has 2 atom stereocenters. The van der Waals surface area contributed by atoms with E-state index in [1.807, 2.05) is 7.05 Å². The quantitative estimate of drug-likeness (QED) is 0.843. The van der Waals surface area contributed by atoms with E-state index in [0.717, 1.165) is 6.42 Å². The van der Waals surface area contributed by atoms with Gasteiger partial charge in [0.25, 0.3) is 0 Å². The van der Waals surface area contributed by atoms with E-state index >= 15 is 0 Å². The molecular weight excluding hydrogens is 374 g/mol. The van der Waals surface area contributed by atoms with Crippen molar-refractivity contribution in [1.82, 2.24) is 14.5 Å². The summed E-state index contributed by atoms with van der Waals surface area (Å²) >= 11 is 5.86. The fourth-order valence-electron chi connectivity index (χ4n) is 3.82. The number of nitrogens with zero attached hydrogens (tertiary/aromatic N) is 2. The Kier molecular flexibility index (Phi) is 5.36. The minimum Gasteiger partial charge on any atom is -0.326 e. The summed E-state index contributed by atoms with van der Waals surface area (Å²) in [6.45, 7) is 4.90. The summed E-state index contributed by atoms with van der Waals surface area (Å²) in [7, 11) is -1.73. The van der Waals surface area contributed by atoms with Gasteiger partial charge in [-0.05, 0) is 43.0 Å². The summed E-state index contributed by atoms with van der Waals surface area (Å²) in [5, 5.41) is 4.02. The van der Waals surface area contributed by atoms with Crippen molar-refractivity contribution in [2.24, 2.45) is 5.92 Å². The SMILES string of the molecule is CC[C@H](C)[C@@H]1NC2(CCN(S(=O)(=O)c3ccc(Cl)cc3)CC2)N(C)C1=O. The Balaban J connectivity index is 1.75. The van der Waals surface area contributed by atoms with Crippen LogP contribution in [-0.2, 0) is 14.8 Å². The van der Waals surface area contributed by atoms with E-state index in [1.165, 1.54) is 16.4 Å². The zero-order valence-electron chi connectivity index (χ0n) is 15.4. The molecule has 0 aliphatic carbocycles. The van der Waals surface area contributed by atoms with Crippen molar-refractivity contribution in [1.29, 1.82) is 0 Å². The number of halogens is 1. The molecule has 1 spiro atoms. The van der Waals surface area contributed by atoms with Crippen LogP contribution in [-0.4, -0.2) is 55.4 Å². The molecule has 0 radical (unpaired) electrons. The number of rotatable bonds is 4. The zero-order chi connectivity index (χ0) is 19.1. The molecule has 144 valence electrons. The Hall–Kier alpha value is -1.15. The maximum absolute atomic E-state index is 12.8. The fourth-order valence-corrected chi connectivity index (χ4v) is 5.39. The third-order valence-corrected chi connectivity index (χ3v) is 8.04. The molecule has 8 heteroatoms. The molecular formula is C18H26ClN3O3S.